The molecule has 1 saturated heterocycles. The van der Waals surface area contributed by atoms with Crippen molar-refractivity contribution in [3.63, 3.8) is 0 Å². The van der Waals surface area contributed by atoms with Crippen LogP contribution in [0.15, 0.2) is 54.8 Å². The van der Waals surface area contributed by atoms with E-state index in [-0.39, 0.29) is 22.7 Å². The van der Waals surface area contributed by atoms with E-state index >= 15 is 0 Å². The Hall–Kier alpha value is -5.98. The van der Waals surface area contributed by atoms with Gasteiger partial charge in [0.25, 0.3) is 0 Å². The monoisotopic (exact) mass is 694 g/mol. The first kappa shape index (κ1) is 32.6. The van der Waals surface area contributed by atoms with E-state index in [1.165, 1.54) is 19.2 Å². The molecule has 0 radical (unpaired) electrons. The number of aliphatic hydroxyl groups is 4. The Kier molecular flexibility index (Phi) is 7.54. The van der Waals surface area contributed by atoms with Crippen LogP contribution >= 0.6 is 0 Å². The maximum absolute atomic E-state index is 14.2. The van der Waals surface area contributed by atoms with E-state index < -0.39 is 127 Å². The van der Waals surface area contributed by atoms with Crippen molar-refractivity contribution in [3.8, 4) is 57.1 Å². The summed E-state index contributed by atoms with van der Waals surface area (Å²) < 4.78 is 27.8. The average Bonchev–Trinajstić information content (AvgIpc) is 3.06. The highest BCUT2D eigenvalue weighted by Gasteiger charge is 2.45. The molecule has 260 valence electrons. The summed E-state index contributed by atoms with van der Waals surface area (Å²) >= 11 is 0. The SMILES string of the molecule is COc1ccc(O[C@@H]2O[C@H](CO)[C@@H](O)[C@H](O)[C@H]2O)c2c(=O)c3c(O)c(-c4cc(O)c5oc6cc(O)cc(O)c6c(=O)c5c4O)c(O)cc3oc12. The van der Waals surface area contributed by atoms with E-state index in [9.17, 15) is 60.7 Å². The van der Waals surface area contributed by atoms with Crippen LogP contribution in [0.25, 0.3) is 55.0 Å². The molecule has 1 fully saturated rings. The lowest BCUT2D eigenvalue weighted by atomic mass is 9.96. The molecule has 0 aliphatic carbocycles. The summed E-state index contributed by atoms with van der Waals surface area (Å²) in [5.41, 5.74) is -4.84. The van der Waals surface area contributed by atoms with Gasteiger partial charge in [-0.1, -0.05) is 0 Å². The molecule has 0 unspecified atom stereocenters. The van der Waals surface area contributed by atoms with E-state index in [2.05, 4.69) is 0 Å². The summed E-state index contributed by atoms with van der Waals surface area (Å²) in [6, 6.07) is 6.11. The van der Waals surface area contributed by atoms with Gasteiger partial charge in [-0.25, -0.2) is 0 Å². The Morgan fingerprint density at radius 2 is 1.34 bits per heavy atom. The van der Waals surface area contributed by atoms with Crippen molar-refractivity contribution in [2.45, 2.75) is 30.7 Å². The fourth-order valence-corrected chi connectivity index (χ4v) is 6.12. The fourth-order valence-electron chi connectivity index (χ4n) is 6.12. The zero-order valence-corrected chi connectivity index (χ0v) is 25.4. The lowest BCUT2D eigenvalue weighted by Gasteiger charge is -2.39. The van der Waals surface area contributed by atoms with Gasteiger partial charge in [0.2, 0.25) is 17.1 Å². The van der Waals surface area contributed by atoms with Crippen molar-refractivity contribution in [1.29, 1.82) is 0 Å². The second-order valence-corrected chi connectivity index (χ2v) is 11.5. The smallest absolute Gasteiger partial charge is 0.229 e. The third kappa shape index (κ3) is 4.67. The molecule has 0 amide bonds. The zero-order valence-electron chi connectivity index (χ0n) is 25.4. The Morgan fingerprint density at radius 1 is 0.680 bits per heavy atom. The molecule has 17 heteroatoms. The summed E-state index contributed by atoms with van der Waals surface area (Å²) in [4.78, 5) is 27.6. The first-order valence-corrected chi connectivity index (χ1v) is 14.6. The number of fused-ring (bicyclic) bond motifs is 4. The highest BCUT2D eigenvalue weighted by molar-refractivity contribution is 6.06. The zero-order chi connectivity index (χ0) is 35.9. The number of benzene rings is 4. The Bertz CT molecular complexity index is 2500. The van der Waals surface area contributed by atoms with Gasteiger partial charge in [-0.2, -0.15) is 0 Å². The summed E-state index contributed by atoms with van der Waals surface area (Å²) in [7, 11) is 1.26. The molecule has 0 spiro atoms. The number of aliphatic hydroxyl groups excluding tert-OH is 4. The number of ether oxygens (including phenoxy) is 3. The molecule has 1 aliphatic heterocycles. The first-order chi connectivity index (χ1) is 23.8. The van der Waals surface area contributed by atoms with E-state index in [0.29, 0.717) is 0 Å². The van der Waals surface area contributed by atoms with Crippen LogP contribution < -0.4 is 20.3 Å². The summed E-state index contributed by atoms with van der Waals surface area (Å²) in [5.74, 6) is -5.04. The molecule has 17 nitrogen and oxygen atoms in total. The molecular weight excluding hydrogens is 668 g/mol. The van der Waals surface area contributed by atoms with E-state index in [1.807, 2.05) is 0 Å². The van der Waals surface area contributed by atoms with Crippen LogP contribution in [0, 0.1) is 0 Å². The quantitative estimate of drug-likeness (QED) is 0.0898. The number of aromatic hydroxyl groups is 6. The number of phenols is 6. The minimum absolute atomic E-state index is 0.0178. The molecule has 7 rings (SSSR count). The van der Waals surface area contributed by atoms with Gasteiger partial charge in [0, 0.05) is 23.8 Å². The average molecular weight is 695 g/mol. The maximum atomic E-state index is 14.2. The van der Waals surface area contributed by atoms with Crippen molar-refractivity contribution in [2.24, 2.45) is 0 Å². The molecular formula is C33H26O17. The van der Waals surface area contributed by atoms with Crippen LogP contribution in [0.3, 0.4) is 0 Å². The van der Waals surface area contributed by atoms with Gasteiger partial charge in [-0.05, 0) is 18.2 Å². The highest BCUT2D eigenvalue weighted by atomic mass is 16.7. The van der Waals surface area contributed by atoms with Gasteiger partial charge in [-0.3, -0.25) is 9.59 Å². The number of hydrogen-bond acceptors (Lipinski definition) is 17. The molecule has 50 heavy (non-hydrogen) atoms. The van der Waals surface area contributed by atoms with E-state index in [4.69, 9.17) is 23.0 Å². The van der Waals surface area contributed by atoms with Crippen LogP contribution in [0.2, 0.25) is 0 Å². The normalized spacial score (nSPS) is 20.9. The van der Waals surface area contributed by atoms with Gasteiger partial charge in [-0.15, -0.1) is 0 Å². The molecule has 2 aromatic heterocycles. The topological polar surface area (TPSA) is 290 Å². The minimum Gasteiger partial charge on any atom is -0.508 e. The van der Waals surface area contributed by atoms with Gasteiger partial charge >= 0.3 is 0 Å². The molecule has 1 aliphatic rings. The lowest BCUT2D eigenvalue weighted by molar-refractivity contribution is -0.277. The number of methoxy groups -OCH3 is 1. The predicted octanol–water partition coefficient (Wildman–Crippen LogP) is 1.29. The van der Waals surface area contributed by atoms with Gasteiger partial charge < -0.3 is 74.1 Å². The maximum Gasteiger partial charge on any atom is 0.229 e. The highest BCUT2D eigenvalue weighted by Crippen LogP contribution is 2.50. The Balaban J connectivity index is 1.47. The molecule has 10 N–H and O–H groups in total. The molecule has 0 saturated carbocycles. The van der Waals surface area contributed by atoms with Crippen molar-refractivity contribution < 1.29 is 74.1 Å². The lowest BCUT2D eigenvalue weighted by Crippen LogP contribution is -2.60. The van der Waals surface area contributed by atoms with Crippen molar-refractivity contribution in [3.05, 3.63) is 56.8 Å². The predicted molar refractivity (Wildman–Crippen MR) is 170 cm³/mol. The summed E-state index contributed by atoms with van der Waals surface area (Å²) in [6.07, 6.45) is -8.46. The second-order valence-electron chi connectivity index (χ2n) is 11.5. The second kappa shape index (κ2) is 11.6. The Morgan fingerprint density at radius 3 is 2.04 bits per heavy atom. The fraction of sp³-hybridized carbons (Fsp3) is 0.212. The largest absolute Gasteiger partial charge is 0.508 e. The van der Waals surface area contributed by atoms with Crippen LogP contribution in [0.4, 0.5) is 0 Å². The first-order valence-electron chi connectivity index (χ1n) is 14.6. The van der Waals surface area contributed by atoms with Crippen LogP contribution in [0.5, 0.6) is 46.0 Å². The van der Waals surface area contributed by atoms with Gasteiger partial charge in [0.15, 0.2) is 22.7 Å². The van der Waals surface area contributed by atoms with Crippen molar-refractivity contribution in [1.82, 2.24) is 0 Å². The third-order valence-corrected chi connectivity index (χ3v) is 8.54. The molecule has 5 atom stereocenters. The standard InChI is InChI=1S/C33H26O17/c1-46-15-3-2-14(49-33-30(45)29(44)25(40)18(8-34)50-33)22-28(43)21-17(48-32(15)22)7-12(37)19(26(21)41)10-6-13(38)31-23(24(10)39)27(42)20-11(36)4-9(35)5-16(20)47-31/h2-7,18,25,29-30,33-41,44-45H,8H2,1H3/t18-,25-,29+,30-,33-/m1/s1. The molecule has 0 bridgehead atoms. The molecule has 3 heterocycles. The van der Waals surface area contributed by atoms with Crippen molar-refractivity contribution >= 4 is 43.9 Å². The summed E-state index contributed by atoms with van der Waals surface area (Å²) in [5, 5.41) is 103. The van der Waals surface area contributed by atoms with E-state index in [1.54, 1.807) is 0 Å². The van der Waals surface area contributed by atoms with Gasteiger partial charge in [0.05, 0.1) is 19.3 Å². The number of phenolic OH excluding ortho intramolecular Hbond substituents is 6. The van der Waals surface area contributed by atoms with Crippen LogP contribution in [0.1, 0.15) is 0 Å². The van der Waals surface area contributed by atoms with Crippen LogP contribution in [-0.2, 0) is 4.74 Å². The Labute approximate surface area is 276 Å². The summed E-state index contributed by atoms with van der Waals surface area (Å²) in [6.45, 7) is -0.763. The van der Waals surface area contributed by atoms with Gasteiger partial charge in [0.1, 0.15) is 91.6 Å². The third-order valence-electron chi connectivity index (χ3n) is 8.54. The molecule has 4 aromatic carbocycles. The van der Waals surface area contributed by atoms with Crippen LogP contribution in [-0.4, -0.2) is 95.5 Å². The van der Waals surface area contributed by atoms with E-state index in [0.717, 1.165) is 24.3 Å². The number of rotatable bonds is 5. The van der Waals surface area contributed by atoms with Crippen molar-refractivity contribution in [2.75, 3.05) is 13.7 Å². The number of hydrogen-bond donors (Lipinski definition) is 10. The minimum atomic E-state index is -1.86. The molecule has 6 aromatic rings.